The van der Waals surface area contributed by atoms with Crippen molar-refractivity contribution < 1.29 is 19.1 Å². The molecule has 0 unspecified atom stereocenters. The summed E-state index contributed by atoms with van der Waals surface area (Å²) in [5.41, 5.74) is 0.897. The lowest BCUT2D eigenvalue weighted by molar-refractivity contribution is -0.131. The van der Waals surface area contributed by atoms with Crippen LogP contribution in [0.15, 0.2) is 18.2 Å². The molecule has 0 saturated carbocycles. The SMILES string of the molecule is CCCCOc1ccc(OC(C)=O)c(CC(C)(C)[Si](C)(C)O)c1. The summed E-state index contributed by atoms with van der Waals surface area (Å²) in [6.45, 7) is 12.2. The van der Waals surface area contributed by atoms with Gasteiger partial charge >= 0.3 is 5.97 Å². The first-order valence-corrected chi connectivity index (χ1v) is 11.2. The molecule has 0 saturated heterocycles. The van der Waals surface area contributed by atoms with Gasteiger partial charge in [0.2, 0.25) is 0 Å². The van der Waals surface area contributed by atoms with Crippen LogP contribution >= 0.6 is 0 Å². The van der Waals surface area contributed by atoms with Gasteiger partial charge in [-0.25, -0.2) is 0 Å². The molecule has 1 aromatic rings. The molecule has 0 heterocycles. The van der Waals surface area contributed by atoms with Gasteiger partial charge in [0, 0.05) is 6.92 Å². The maximum Gasteiger partial charge on any atom is 0.308 e. The second-order valence-corrected chi connectivity index (χ2v) is 11.7. The number of benzene rings is 1. The Kier molecular flexibility index (Phi) is 6.83. The fraction of sp³-hybridized carbons (Fsp3) is 0.611. The molecule has 4 nitrogen and oxygen atoms in total. The molecule has 0 aliphatic rings. The fourth-order valence-electron chi connectivity index (χ4n) is 2.06. The number of carbonyl (C=O) groups is 1. The zero-order valence-corrected chi connectivity index (χ0v) is 16.2. The normalized spacial score (nSPS) is 12.1. The van der Waals surface area contributed by atoms with E-state index in [1.54, 1.807) is 6.07 Å². The number of carbonyl (C=O) groups excluding carboxylic acids is 1. The molecule has 0 aliphatic heterocycles. The Bertz CT molecular complexity index is 532. The van der Waals surface area contributed by atoms with Gasteiger partial charge in [-0.1, -0.05) is 27.2 Å². The summed E-state index contributed by atoms with van der Waals surface area (Å²) in [5.74, 6) is 0.980. The van der Waals surface area contributed by atoms with Crippen LogP contribution in [0, 0.1) is 0 Å². The van der Waals surface area contributed by atoms with Crippen molar-refractivity contribution in [1.29, 1.82) is 0 Å². The summed E-state index contributed by atoms with van der Waals surface area (Å²) in [7, 11) is -2.36. The Labute approximate surface area is 140 Å². The number of unbranched alkanes of at least 4 members (excludes halogenated alkanes) is 1. The summed E-state index contributed by atoms with van der Waals surface area (Å²) in [6, 6.07) is 5.53. The predicted octanol–water partition coefficient (Wildman–Crippen LogP) is 4.31. The van der Waals surface area contributed by atoms with Crippen molar-refractivity contribution in [2.24, 2.45) is 0 Å². The van der Waals surface area contributed by atoms with Gasteiger partial charge < -0.3 is 14.3 Å². The third-order valence-electron chi connectivity index (χ3n) is 4.34. The first-order chi connectivity index (χ1) is 10.6. The van der Waals surface area contributed by atoms with E-state index >= 15 is 0 Å². The zero-order chi connectivity index (χ0) is 17.7. The van der Waals surface area contributed by atoms with Crippen molar-refractivity contribution in [3.63, 3.8) is 0 Å². The molecule has 23 heavy (non-hydrogen) atoms. The van der Waals surface area contributed by atoms with E-state index in [-0.39, 0.29) is 11.0 Å². The van der Waals surface area contributed by atoms with E-state index in [9.17, 15) is 9.59 Å². The van der Waals surface area contributed by atoms with Crippen LogP contribution in [-0.2, 0) is 11.2 Å². The fourth-order valence-corrected chi connectivity index (χ4v) is 2.69. The zero-order valence-electron chi connectivity index (χ0n) is 15.2. The average molecular weight is 339 g/mol. The van der Waals surface area contributed by atoms with Crippen LogP contribution in [0.2, 0.25) is 18.1 Å². The minimum absolute atomic E-state index is 0.246. The first kappa shape index (κ1) is 19.7. The number of hydrogen-bond acceptors (Lipinski definition) is 4. The molecule has 130 valence electrons. The number of hydrogen-bond donors (Lipinski definition) is 1. The van der Waals surface area contributed by atoms with E-state index < -0.39 is 8.32 Å². The minimum atomic E-state index is -2.36. The summed E-state index contributed by atoms with van der Waals surface area (Å²) >= 11 is 0. The highest BCUT2D eigenvalue weighted by molar-refractivity contribution is 6.72. The first-order valence-electron chi connectivity index (χ1n) is 8.23. The maximum atomic E-state index is 11.3. The van der Waals surface area contributed by atoms with Crippen molar-refractivity contribution in [2.75, 3.05) is 6.61 Å². The molecule has 5 heteroatoms. The van der Waals surface area contributed by atoms with E-state index in [0.717, 1.165) is 24.2 Å². The highest BCUT2D eigenvalue weighted by atomic mass is 28.4. The Hall–Kier alpha value is -1.33. The van der Waals surface area contributed by atoms with Gasteiger partial charge in [-0.15, -0.1) is 0 Å². The van der Waals surface area contributed by atoms with Gasteiger partial charge in [0.1, 0.15) is 11.5 Å². The lowest BCUT2D eigenvalue weighted by Crippen LogP contribution is -2.40. The largest absolute Gasteiger partial charge is 0.494 e. The van der Waals surface area contributed by atoms with Crippen LogP contribution < -0.4 is 9.47 Å². The van der Waals surface area contributed by atoms with E-state index in [1.165, 1.54) is 6.92 Å². The Morgan fingerprint density at radius 2 is 1.96 bits per heavy atom. The van der Waals surface area contributed by atoms with Crippen LogP contribution in [0.3, 0.4) is 0 Å². The molecule has 1 N–H and O–H groups in total. The third kappa shape index (κ3) is 5.99. The second-order valence-electron chi connectivity index (χ2n) is 7.18. The van der Waals surface area contributed by atoms with Crippen LogP contribution in [0.25, 0.3) is 0 Å². The Morgan fingerprint density at radius 1 is 1.30 bits per heavy atom. The van der Waals surface area contributed by atoms with Crippen LogP contribution in [0.4, 0.5) is 0 Å². The van der Waals surface area contributed by atoms with Crippen molar-refractivity contribution >= 4 is 14.3 Å². The average Bonchev–Trinajstić information content (AvgIpc) is 2.39. The molecule has 0 aliphatic carbocycles. The summed E-state index contributed by atoms with van der Waals surface area (Å²) < 4.78 is 11.1. The Balaban J connectivity index is 3.07. The van der Waals surface area contributed by atoms with Crippen LogP contribution in [-0.4, -0.2) is 25.7 Å². The number of rotatable bonds is 8. The molecule has 0 bridgehead atoms. The monoisotopic (exact) mass is 338 g/mol. The van der Waals surface area contributed by atoms with Crippen molar-refractivity contribution in [1.82, 2.24) is 0 Å². The molecule has 0 aromatic heterocycles. The topological polar surface area (TPSA) is 55.8 Å². The molecule has 0 amide bonds. The summed E-state index contributed by atoms with van der Waals surface area (Å²) in [5, 5.41) is -0.246. The summed E-state index contributed by atoms with van der Waals surface area (Å²) in [4.78, 5) is 21.9. The molecular weight excluding hydrogens is 308 g/mol. The molecule has 0 fully saturated rings. The van der Waals surface area contributed by atoms with E-state index in [4.69, 9.17) is 9.47 Å². The number of ether oxygens (including phenoxy) is 2. The van der Waals surface area contributed by atoms with E-state index in [0.29, 0.717) is 18.8 Å². The van der Waals surface area contributed by atoms with Gasteiger partial charge in [0.05, 0.1) is 6.61 Å². The molecule has 1 aromatic carbocycles. The van der Waals surface area contributed by atoms with Crippen molar-refractivity contribution in [3.05, 3.63) is 23.8 Å². The van der Waals surface area contributed by atoms with E-state index in [1.807, 2.05) is 25.2 Å². The van der Waals surface area contributed by atoms with Crippen molar-refractivity contribution in [2.45, 2.75) is 65.1 Å². The molecule has 0 radical (unpaired) electrons. The minimum Gasteiger partial charge on any atom is -0.494 e. The van der Waals surface area contributed by atoms with Crippen LogP contribution in [0.1, 0.15) is 46.1 Å². The van der Waals surface area contributed by atoms with Crippen LogP contribution in [0.5, 0.6) is 11.5 Å². The van der Waals surface area contributed by atoms with Gasteiger partial charge in [0.15, 0.2) is 8.32 Å². The Morgan fingerprint density at radius 3 is 2.48 bits per heavy atom. The molecule has 0 spiro atoms. The predicted molar refractivity (Wildman–Crippen MR) is 95.6 cm³/mol. The third-order valence-corrected chi connectivity index (χ3v) is 7.83. The maximum absolute atomic E-state index is 11.3. The quantitative estimate of drug-likeness (QED) is 0.332. The van der Waals surface area contributed by atoms with Gasteiger partial charge in [0.25, 0.3) is 0 Å². The molecule has 1 rings (SSSR count). The smallest absolute Gasteiger partial charge is 0.308 e. The van der Waals surface area contributed by atoms with Crippen molar-refractivity contribution in [3.8, 4) is 11.5 Å². The van der Waals surface area contributed by atoms with Gasteiger partial charge in [-0.2, -0.15) is 0 Å². The second kappa shape index (κ2) is 7.97. The molecule has 0 atom stereocenters. The highest BCUT2D eigenvalue weighted by Crippen LogP contribution is 2.41. The lowest BCUT2D eigenvalue weighted by atomic mass is 10.0. The highest BCUT2D eigenvalue weighted by Gasteiger charge is 2.38. The lowest BCUT2D eigenvalue weighted by Gasteiger charge is -2.35. The van der Waals surface area contributed by atoms with Gasteiger partial charge in [-0.3, -0.25) is 4.79 Å². The van der Waals surface area contributed by atoms with E-state index in [2.05, 4.69) is 20.8 Å². The number of esters is 1. The molecular formula is C18H30O4Si. The van der Waals surface area contributed by atoms with Gasteiger partial charge in [-0.05, 0) is 54.7 Å². The standard InChI is InChI=1S/C18H30O4Si/c1-7-8-11-21-16-9-10-17(22-14(2)19)15(12-16)13-18(3,4)23(5,6)20/h9-10,12,20H,7-8,11,13H2,1-6H3. The summed E-state index contributed by atoms with van der Waals surface area (Å²) in [6.07, 6.45) is 2.72.